The van der Waals surface area contributed by atoms with E-state index in [2.05, 4.69) is 6.58 Å². The molecule has 0 radical (unpaired) electrons. The molecular weight excluding hydrogens is 364 g/mol. The minimum atomic E-state index is -0.706. The van der Waals surface area contributed by atoms with E-state index in [0.29, 0.717) is 27.4 Å². The van der Waals surface area contributed by atoms with Crippen LogP contribution in [0.4, 0.5) is 0 Å². The summed E-state index contributed by atoms with van der Waals surface area (Å²) in [6.45, 7) is 9.14. The van der Waals surface area contributed by atoms with Crippen molar-refractivity contribution in [1.82, 2.24) is 9.47 Å². The highest BCUT2D eigenvalue weighted by Gasteiger charge is 2.32. The third-order valence-electron chi connectivity index (χ3n) is 4.72. The summed E-state index contributed by atoms with van der Waals surface area (Å²) in [6.07, 6.45) is 1.60. The van der Waals surface area contributed by atoms with Gasteiger partial charge in [-0.2, -0.15) is 0 Å². The van der Waals surface area contributed by atoms with Gasteiger partial charge >= 0.3 is 5.97 Å². The number of aromatic nitrogens is 1. The maximum absolute atomic E-state index is 13.3. The maximum Gasteiger partial charge on any atom is 0.354 e. The van der Waals surface area contributed by atoms with Gasteiger partial charge in [0.05, 0.1) is 18.0 Å². The second-order valence-electron chi connectivity index (χ2n) is 6.25. The summed E-state index contributed by atoms with van der Waals surface area (Å²) in [5, 5.41) is 1.82. The first-order valence-corrected chi connectivity index (χ1v) is 9.37. The SMILES string of the molecule is C=CCN(C(=O)c1cccs1)[C@@H](C)C(=O)c1c(C)c(C(=O)OC)n(C)c1C. The van der Waals surface area contributed by atoms with Gasteiger partial charge in [-0.3, -0.25) is 9.59 Å². The first-order valence-electron chi connectivity index (χ1n) is 8.49. The van der Waals surface area contributed by atoms with Crippen LogP contribution in [0.25, 0.3) is 0 Å². The highest BCUT2D eigenvalue weighted by molar-refractivity contribution is 7.12. The van der Waals surface area contributed by atoms with E-state index in [1.165, 1.54) is 23.3 Å². The highest BCUT2D eigenvalue weighted by Crippen LogP contribution is 2.25. The lowest BCUT2D eigenvalue weighted by molar-refractivity contribution is 0.0588. The molecule has 0 fully saturated rings. The van der Waals surface area contributed by atoms with Crippen LogP contribution in [0.1, 0.15) is 48.7 Å². The van der Waals surface area contributed by atoms with E-state index in [1.807, 2.05) is 5.38 Å². The fourth-order valence-electron chi connectivity index (χ4n) is 3.17. The van der Waals surface area contributed by atoms with Crippen LogP contribution in [0.3, 0.4) is 0 Å². The molecule has 0 bridgehead atoms. The van der Waals surface area contributed by atoms with Gasteiger partial charge in [-0.1, -0.05) is 12.1 Å². The second-order valence-corrected chi connectivity index (χ2v) is 7.20. The van der Waals surface area contributed by atoms with E-state index in [4.69, 9.17) is 4.74 Å². The zero-order chi connectivity index (χ0) is 20.3. The number of Topliss-reactive ketones (excluding diaryl/α,β-unsaturated/α-hetero) is 1. The zero-order valence-corrected chi connectivity index (χ0v) is 17.1. The summed E-state index contributed by atoms with van der Waals surface area (Å²) in [4.78, 5) is 40.2. The smallest absolute Gasteiger partial charge is 0.354 e. The summed E-state index contributed by atoms with van der Waals surface area (Å²) in [5.41, 5.74) is 2.00. The van der Waals surface area contributed by atoms with Gasteiger partial charge in [-0.25, -0.2) is 4.79 Å². The highest BCUT2D eigenvalue weighted by atomic mass is 32.1. The molecule has 0 saturated carbocycles. The third kappa shape index (κ3) is 3.73. The number of ether oxygens (including phenoxy) is 1. The molecular formula is C20H24N2O4S. The fourth-order valence-corrected chi connectivity index (χ4v) is 3.85. The lowest BCUT2D eigenvalue weighted by Gasteiger charge is -2.27. The number of amides is 1. The van der Waals surface area contributed by atoms with Crippen LogP contribution in [0.2, 0.25) is 0 Å². The fraction of sp³-hybridized carbons (Fsp3) is 0.350. The van der Waals surface area contributed by atoms with Gasteiger partial charge < -0.3 is 14.2 Å². The van der Waals surface area contributed by atoms with Crippen molar-refractivity contribution in [2.75, 3.05) is 13.7 Å². The first-order chi connectivity index (χ1) is 12.8. The van der Waals surface area contributed by atoms with Gasteiger partial charge in [0.2, 0.25) is 0 Å². The number of esters is 1. The maximum atomic E-state index is 13.3. The van der Waals surface area contributed by atoms with Crippen LogP contribution < -0.4 is 0 Å². The number of methoxy groups -OCH3 is 1. The number of nitrogens with zero attached hydrogens (tertiary/aromatic N) is 2. The Labute approximate surface area is 163 Å². The molecule has 2 aromatic rings. The molecule has 7 heteroatoms. The van der Waals surface area contributed by atoms with Gasteiger partial charge in [0, 0.05) is 24.8 Å². The molecule has 2 heterocycles. The van der Waals surface area contributed by atoms with E-state index >= 15 is 0 Å². The van der Waals surface area contributed by atoms with Crippen LogP contribution in [-0.4, -0.2) is 46.8 Å². The molecule has 0 aromatic carbocycles. The number of hydrogen-bond acceptors (Lipinski definition) is 5. The predicted octanol–water partition coefficient (Wildman–Crippen LogP) is 3.39. The normalized spacial score (nSPS) is 11.7. The van der Waals surface area contributed by atoms with Crippen LogP contribution >= 0.6 is 11.3 Å². The number of carbonyl (C=O) groups excluding carboxylic acids is 3. The summed E-state index contributed by atoms with van der Waals surface area (Å²) in [6, 6.07) is 2.82. The van der Waals surface area contributed by atoms with Crippen LogP contribution in [0.15, 0.2) is 30.2 Å². The lowest BCUT2D eigenvalue weighted by Crippen LogP contribution is -2.43. The van der Waals surface area contributed by atoms with E-state index < -0.39 is 12.0 Å². The van der Waals surface area contributed by atoms with E-state index in [-0.39, 0.29) is 18.2 Å². The van der Waals surface area contributed by atoms with Gasteiger partial charge in [0.25, 0.3) is 5.91 Å². The topological polar surface area (TPSA) is 68.6 Å². The van der Waals surface area contributed by atoms with Gasteiger partial charge in [-0.15, -0.1) is 17.9 Å². The Bertz CT molecular complexity index is 880. The van der Waals surface area contributed by atoms with E-state index in [9.17, 15) is 14.4 Å². The number of hydrogen-bond donors (Lipinski definition) is 0. The Morgan fingerprint density at radius 3 is 2.56 bits per heavy atom. The van der Waals surface area contributed by atoms with Crippen molar-refractivity contribution >= 4 is 29.0 Å². The number of rotatable bonds is 7. The largest absolute Gasteiger partial charge is 0.464 e. The van der Waals surface area contributed by atoms with Crippen LogP contribution in [0.5, 0.6) is 0 Å². The Morgan fingerprint density at radius 2 is 2.04 bits per heavy atom. The molecule has 1 amide bonds. The summed E-state index contributed by atoms with van der Waals surface area (Å²) in [5.74, 6) is -0.935. The molecule has 6 nitrogen and oxygen atoms in total. The monoisotopic (exact) mass is 388 g/mol. The van der Waals surface area contributed by atoms with Crippen LogP contribution in [0, 0.1) is 13.8 Å². The summed E-state index contributed by atoms with van der Waals surface area (Å²) >= 11 is 1.33. The van der Waals surface area contributed by atoms with Crippen LogP contribution in [-0.2, 0) is 11.8 Å². The third-order valence-corrected chi connectivity index (χ3v) is 5.58. The minimum absolute atomic E-state index is 0.217. The molecule has 0 aliphatic heterocycles. The molecule has 0 aliphatic rings. The Kier molecular flexibility index (Phi) is 6.38. The van der Waals surface area contributed by atoms with E-state index in [1.54, 1.807) is 50.6 Å². The molecule has 0 N–H and O–H groups in total. The molecule has 2 aromatic heterocycles. The van der Waals surface area contributed by atoms with Crippen molar-refractivity contribution in [2.45, 2.75) is 26.8 Å². The number of carbonyl (C=O) groups is 3. The first kappa shape index (κ1) is 20.6. The van der Waals surface area contributed by atoms with E-state index in [0.717, 1.165) is 0 Å². The number of thiophene rings is 1. The summed E-state index contributed by atoms with van der Waals surface area (Å²) in [7, 11) is 3.02. The molecule has 0 unspecified atom stereocenters. The average Bonchev–Trinajstić information content (AvgIpc) is 3.25. The quantitative estimate of drug-likeness (QED) is 0.414. The Balaban J connectivity index is 2.45. The molecule has 144 valence electrons. The molecule has 0 spiro atoms. The Morgan fingerprint density at radius 1 is 1.37 bits per heavy atom. The second kappa shape index (κ2) is 8.35. The van der Waals surface area contributed by atoms with Crippen molar-refractivity contribution in [1.29, 1.82) is 0 Å². The molecule has 2 rings (SSSR count). The molecule has 1 atom stereocenters. The summed E-state index contributed by atoms with van der Waals surface area (Å²) < 4.78 is 6.49. The zero-order valence-electron chi connectivity index (χ0n) is 16.2. The van der Waals surface area contributed by atoms with Crippen molar-refractivity contribution in [3.8, 4) is 0 Å². The minimum Gasteiger partial charge on any atom is -0.464 e. The average molecular weight is 388 g/mol. The van der Waals surface area contributed by atoms with Crippen molar-refractivity contribution < 1.29 is 19.1 Å². The predicted molar refractivity (Wildman–Crippen MR) is 106 cm³/mol. The number of ketones is 1. The standard InChI is InChI=1S/C20H24N2O4S/c1-7-10-22(19(24)15-9-8-11-27-15)14(4)18(23)16-12(2)17(20(25)26-6)21(5)13(16)3/h7-9,11,14H,1,10H2,2-6H3/t14-/m0/s1. The lowest BCUT2D eigenvalue weighted by atomic mass is 9.99. The van der Waals surface area contributed by atoms with Gasteiger partial charge in [0.15, 0.2) is 5.78 Å². The molecule has 27 heavy (non-hydrogen) atoms. The van der Waals surface area contributed by atoms with Crippen molar-refractivity contribution in [2.24, 2.45) is 7.05 Å². The van der Waals surface area contributed by atoms with Crippen molar-refractivity contribution in [3.63, 3.8) is 0 Å². The molecule has 0 saturated heterocycles. The van der Waals surface area contributed by atoms with Gasteiger partial charge in [0.1, 0.15) is 5.69 Å². The van der Waals surface area contributed by atoms with Crippen molar-refractivity contribution in [3.05, 3.63) is 57.6 Å². The van der Waals surface area contributed by atoms with Gasteiger partial charge in [-0.05, 0) is 37.8 Å². The Hall–Kier alpha value is -2.67. The molecule has 0 aliphatic carbocycles.